The number of hydrazine groups is 1. The fraction of sp³-hybridized carbons (Fsp3) is 0.292. The van der Waals surface area contributed by atoms with Gasteiger partial charge in [0.2, 0.25) is 11.1 Å². The number of carbonyl (C=O) groups excluding carboxylic acids is 2. The van der Waals surface area contributed by atoms with Crippen LogP contribution < -0.4 is 15.6 Å². The Labute approximate surface area is 206 Å². The third kappa shape index (κ3) is 5.99. The van der Waals surface area contributed by atoms with Gasteiger partial charge >= 0.3 is 6.09 Å². The number of nitrogens with one attached hydrogen (secondary N) is 3. The second kappa shape index (κ2) is 10.2. The summed E-state index contributed by atoms with van der Waals surface area (Å²) in [6.45, 7) is 6.49. The Hall–Kier alpha value is -3.86. The van der Waals surface area contributed by atoms with Gasteiger partial charge in [-0.25, -0.2) is 15.2 Å². The quantitative estimate of drug-likeness (QED) is 0.272. The van der Waals surface area contributed by atoms with Crippen molar-refractivity contribution in [1.82, 2.24) is 31.0 Å². The molecule has 0 spiro atoms. The van der Waals surface area contributed by atoms with Crippen LogP contribution in [0.15, 0.2) is 47.6 Å². The summed E-state index contributed by atoms with van der Waals surface area (Å²) in [6, 6.07) is 13.4. The van der Waals surface area contributed by atoms with Crippen molar-refractivity contribution in [1.29, 1.82) is 0 Å². The van der Waals surface area contributed by atoms with E-state index in [9.17, 15) is 9.59 Å². The Morgan fingerprint density at radius 1 is 1.06 bits per heavy atom. The van der Waals surface area contributed by atoms with E-state index >= 15 is 0 Å². The first kappa shape index (κ1) is 24.3. The van der Waals surface area contributed by atoms with Crippen molar-refractivity contribution in [3.05, 3.63) is 53.6 Å². The maximum Gasteiger partial charge on any atom is 0.426 e. The van der Waals surface area contributed by atoms with Crippen LogP contribution in [0.4, 0.5) is 4.79 Å². The van der Waals surface area contributed by atoms with Crippen LogP contribution in [0.5, 0.6) is 5.75 Å². The van der Waals surface area contributed by atoms with Gasteiger partial charge in [0.05, 0.1) is 12.9 Å². The highest BCUT2D eigenvalue weighted by atomic mass is 32.2. The van der Waals surface area contributed by atoms with Crippen LogP contribution >= 0.6 is 11.8 Å². The average molecular weight is 495 g/mol. The summed E-state index contributed by atoms with van der Waals surface area (Å²) in [7, 11) is 1.60. The lowest BCUT2D eigenvalue weighted by Gasteiger charge is -2.19. The highest BCUT2D eigenvalue weighted by Gasteiger charge is 2.14. The number of benzene rings is 2. The van der Waals surface area contributed by atoms with E-state index in [1.165, 1.54) is 5.56 Å². The van der Waals surface area contributed by atoms with Crippen LogP contribution in [0.25, 0.3) is 22.1 Å². The van der Waals surface area contributed by atoms with E-state index in [1.807, 2.05) is 42.5 Å². The van der Waals surface area contributed by atoms with Crippen LogP contribution in [0.2, 0.25) is 0 Å². The van der Waals surface area contributed by atoms with E-state index in [1.54, 1.807) is 7.11 Å². The molecule has 0 aliphatic rings. The fourth-order valence-electron chi connectivity index (χ4n) is 3.30. The molecule has 10 nitrogen and oxygen atoms in total. The summed E-state index contributed by atoms with van der Waals surface area (Å²) in [5.74, 6) is 0.252. The minimum Gasteiger partial charge on any atom is -0.497 e. The molecule has 0 atom stereocenters. The number of hydrogen-bond acceptors (Lipinski definition) is 8. The van der Waals surface area contributed by atoms with Crippen LogP contribution in [-0.2, 0) is 21.6 Å². The number of rotatable bonds is 6. The molecule has 182 valence electrons. The van der Waals surface area contributed by atoms with Crippen LogP contribution in [-0.4, -0.2) is 45.0 Å². The van der Waals surface area contributed by atoms with E-state index < -0.39 is 12.0 Å². The first-order valence-electron chi connectivity index (χ1n) is 10.9. The molecule has 3 N–H and O–H groups in total. The number of amides is 2. The lowest BCUT2D eigenvalue weighted by molar-refractivity contribution is -0.119. The normalized spacial score (nSPS) is 11.4. The highest BCUT2D eigenvalue weighted by molar-refractivity contribution is 7.99. The number of ether oxygens (including phenoxy) is 2. The number of aromatic nitrogens is 4. The van der Waals surface area contributed by atoms with Gasteiger partial charge in [0, 0.05) is 10.9 Å². The molecule has 0 radical (unpaired) electrons. The van der Waals surface area contributed by atoms with Crippen molar-refractivity contribution in [2.75, 3.05) is 12.9 Å². The SMILES string of the molecule is COc1ccc2[nH]c3nc(SCC(=O)NNC(=O)OCc4ccc(C(C)(C)C)cc4)nnc3c2c1. The Kier molecular flexibility index (Phi) is 7.06. The van der Waals surface area contributed by atoms with Crippen LogP contribution in [0.1, 0.15) is 31.9 Å². The highest BCUT2D eigenvalue weighted by Crippen LogP contribution is 2.27. The summed E-state index contributed by atoms with van der Waals surface area (Å²) in [5, 5.41) is 9.49. The number of methoxy groups -OCH3 is 1. The second-order valence-electron chi connectivity index (χ2n) is 8.81. The maximum absolute atomic E-state index is 12.1. The van der Waals surface area contributed by atoms with Gasteiger partial charge in [0.15, 0.2) is 5.65 Å². The van der Waals surface area contributed by atoms with E-state index in [0.717, 1.165) is 28.2 Å². The number of aromatic amines is 1. The van der Waals surface area contributed by atoms with Gasteiger partial charge in [-0.15, -0.1) is 10.2 Å². The number of hydrogen-bond donors (Lipinski definition) is 3. The van der Waals surface area contributed by atoms with E-state index in [4.69, 9.17) is 9.47 Å². The third-order valence-corrected chi connectivity index (χ3v) is 6.07. The second-order valence-corrected chi connectivity index (χ2v) is 9.76. The van der Waals surface area contributed by atoms with Crippen LogP contribution in [0.3, 0.4) is 0 Å². The summed E-state index contributed by atoms with van der Waals surface area (Å²) in [4.78, 5) is 31.6. The summed E-state index contributed by atoms with van der Waals surface area (Å²) in [5.41, 5.74) is 8.67. The maximum atomic E-state index is 12.1. The van der Waals surface area contributed by atoms with Gasteiger partial charge in [-0.2, -0.15) is 0 Å². The standard InChI is InChI=1S/C24H26N6O4S/c1-24(2,3)15-7-5-14(6-8-15)12-34-23(32)30-27-19(31)13-35-22-26-21-20(28-29-22)17-11-16(33-4)9-10-18(17)25-21/h5-11H,12-13H2,1-4H3,(H,27,31)(H,30,32)(H,25,26,29). The molecular formula is C24H26N6O4S. The van der Waals surface area contributed by atoms with Gasteiger partial charge in [0.1, 0.15) is 17.9 Å². The van der Waals surface area contributed by atoms with E-state index in [2.05, 4.69) is 51.8 Å². The molecule has 35 heavy (non-hydrogen) atoms. The minimum absolute atomic E-state index is 0.0181. The predicted octanol–water partition coefficient (Wildman–Crippen LogP) is 3.86. The average Bonchev–Trinajstić information content (AvgIpc) is 3.21. The molecule has 0 unspecified atom stereocenters. The molecule has 2 heterocycles. The number of H-pyrrole nitrogens is 1. The Morgan fingerprint density at radius 2 is 1.83 bits per heavy atom. The van der Waals surface area contributed by atoms with Gasteiger partial charge in [-0.3, -0.25) is 10.2 Å². The fourth-order valence-corrected chi connectivity index (χ4v) is 3.88. The van der Waals surface area contributed by atoms with Gasteiger partial charge in [-0.05, 0) is 34.7 Å². The zero-order chi connectivity index (χ0) is 25.0. The molecule has 0 bridgehead atoms. The van der Waals surface area contributed by atoms with Crippen molar-refractivity contribution in [3.63, 3.8) is 0 Å². The molecule has 0 saturated heterocycles. The minimum atomic E-state index is -0.754. The van der Waals surface area contributed by atoms with E-state index in [-0.39, 0.29) is 17.8 Å². The lowest BCUT2D eigenvalue weighted by Crippen LogP contribution is -2.42. The summed E-state index contributed by atoms with van der Waals surface area (Å²) in [6.07, 6.45) is -0.754. The lowest BCUT2D eigenvalue weighted by atomic mass is 9.87. The topological polar surface area (TPSA) is 131 Å². The van der Waals surface area contributed by atoms with Gasteiger partial charge < -0.3 is 14.5 Å². The summed E-state index contributed by atoms with van der Waals surface area (Å²) < 4.78 is 10.4. The van der Waals surface area contributed by atoms with E-state index in [0.29, 0.717) is 22.1 Å². The zero-order valence-corrected chi connectivity index (χ0v) is 20.7. The number of carbonyl (C=O) groups is 2. The number of nitrogens with zero attached hydrogens (tertiary/aromatic N) is 3. The van der Waals surface area contributed by atoms with Crippen molar-refractivity contribution >= 4 is 45.8 Å². The Bertz CT molecular complexity index is 1360. The Balaban J connectivity index is 1.24. The smallest absolute Gasteiger partial charge is 0.426 e. The molecule has 0 aliphatic carbocycles. The van der Waals surface area contributed by atoms with Crippen molar-refractivity contribution in [3.8, 4) is 5.75 Å². The molecule has 0 fully saturated rings. The molecule has 2 aromatic carbocycles. The molecule has 2 aromatic heterocycles. The van der Waals surface area contributed by atoms with Crippen LogP contribution in [0, 0.1) is 0 Å². The third-order valence-electron chi connectivity index (χ3n) is 5.23. The number of fused-ring (bicyclic) bond motifs is 3. The van der Waals surface area contributed by atoms with Gasteiger partial charge in [0.25, 0.3) is 0 Å². The number of thioether (sulfide) groups is 1. The predicted molar refractivity (Wildman–Crippen MR) is 133 cm³/mol. The monoisotopic (exact) mass is 494 g/mol. The first-order valence-corrected chi connectivity index (χ1v) is 11.9. The molecule has 4 rings (SSSR count). The first-order chi connectivity index (χ1) is 16.7. The molecule has 0 saturated carbocycles. The largest absolute Gasteiger partial charge is 0.497 e. The molecule has 0 aliphatic heterocycles. The zero-order valence-electron chi connectivity index (χ0n) is 19.8. The Morgan fingerprint density at radius 3 is 2.54 bits per heavy atom. The van der Waals surface area contributed by atoms with Crippen molar-refractivity contribution in [2.24, 2.45) is 0 Å². The van der Waals surface area contributed by atoms with Crippen molar-refractivity contribution < 1.29 is 19.1 Å². The molecular weight excluding hydrogens is 468 g/mol. The molecule has 4 aromatic rings. The molecule has 11 heteroatoms. The molecule has 2 amide bonds. The van der Waals surface area contributed by atoms with Gasteiger partial charge in [-0.1, -0.05) is 56.8 Å². The summed E-state index contributed by atoms with van der Waals surface area (Å²) >= 11 is 1.09. The van der Waals surface area contributed by atoms with Crippen molar-refractivity contribution in [2.45, 2.75) is 37.9 Å².